The van der Waals surface area contributed by atoms with Gasteiger partial charge in [-0.05, 0) is 18.6 Å². The number of nitrogens with one attached hydrogen (secondary N) is 1. The lowest BCUT2D eigenvalue weighted by molar-refractivity contribution is -0.118. The third kappa shape index (κ3) is 2.62. The van der Waals surface area contributed by atoms with Gasteiger partial charge in [-0.15, -0.1) is 0 Å². The van der Waals surface area contributed by atoms with Crippen LogP contribution in [0.15, 0.2) is 18.3 Å². The molecule has 0 spiro atoms. The molecule has 0 bridgehead atoms. The van der Waals surface area contributed by atoms with E-state index in [4.69, 9.17) is 11.5 Å². The maximum absolute atomic E-state index is 10.9. The number of primary amides is 1. The number of hydrogen-bond donors (Lipinski definition) is 3. The second kappa shape index (κ2) is 4.45. The van der Waals surface area contributed by atoms with Crippen LogP contribution in [0.1, 0.15) is 13.3 Å². The Hall–Kier alpha value is -1.78. The molecule has 0 aromatic carbocycles. The molecule has 0 saturated carbocycles. The largest absolute Gasteiger partial charge is 0.384 e. The molecule has 0 radical (unpaired) electrons. The Balaban J connectivity index is 2.67. The van der Waals surface area contributed by atoms with Crippen LogP contribution in [0.4, 0.5) is 11.5 Å². The Labute approximate surface area is 82.5 Å². The maximum atomic E-state index is 10.9. The van der Waals surface area contributed by atoms with E-state index >= 15 is 0 Å². The lowest BCUT2D eigenvalue weighted by Crippen LogP contribution is -2.34. The van der Waals surface area contributed by atoms with Crippen molar-refractivity contribution >= 4 is 17.4 Å². The molecule has 1 rings (SSSR count). The summed E-state index contributed by atoms with van der Waals surface area (Å²) in [4.78, 5) is 14.8. The predicted molar refractivity (Wildman–Crippen MR) is 55.5 cm³/mol. The van der Waals surface area contributed by atoms with Crippen LogP contribution in [0.3, 0.4) is 0 Å². The summed E-state index contributed by atoms with van der Waals surface area (Å²) in [7, 11) is 0. The Kier molecular flexibility index (Phi) is 3.28. The van der Waals surface area contributed by atoms with Crippen LogP contribution < -0.4 is 16.8 Å². The number of aromatic nitrogens is 1. The highest BCUT2D eigenvalue weighted by Crippen LogP contribution is 2.09. The van der Waals surface area contributed by atoms with Gasteiger partial charge in [0.2, 0.25) is 5.91 Å². The summed E-state index contributed by atoms with van der Waals surface area (Å²) in [5, 5.41) is 2.96. The highest BCUT2D eigenvalue weighted by molar-refractivity contribution is 5.82. The van der Waals surface area contributed by atoms with Gasteiger partial charge in [0, 0.05) is 0 Å². The summed E-state index contributed by atoms with van der Waals surface area (Å²) >= 11 is 0. The maximum Gasteiger partial charge on any atom is 0.239 e. The zero-order valence-electron chi connectivity index (χ0n) is 8.03. The molecular formula is C9H14N4O. The summed E-state index contributed by atoms with van der Waals surface area (Å²) in [6.45, 7) is 1.88. The molecule has 5 nitrogen and oxygen atoms in total. The van der Waals surface area contributed by atoms with Crippen LogP contribution in [0.5, 0.6) is 0 Å². The van der Waals surface area contributed by atoms with Crippen LogP contribution in [0, 0.1) is 0 Å². The summed E-state index contributed by atoms with van der Waals surface area (Å²) in [6.07, 6.45) is 2.21. The highest BCUT2D eigenvalue weighted by atomic mass is 16.1. The van der Waals surface area contributed by atoms with E-state index in [1.807, 2.05) is 6.92 Å². The van der Waals surface area contributed by atoms with Crippen LogP contribution in [-0.2, 0) is 4.79 Å². The minimum absolute atomic E-state index is 0.361. The fourth-order valence-corrected chi connectivity index (χ4v) is 1.07. The predicted octanol–water partition coefficient (Wildman–Crippen LogP) is 0.340. The number of carbonyl (C=O) groups excluding carboxylic acids is 1. The van der Waals surface area contributed by atoms with E-state index in [1.165, 1.54) is 0 Å². The molecule has 5 heteroatoms. The molecule has 1 amide bonds. The van der Waals surface area contributed by atoms with Crippen molar-refractivity contribution in [2.24, 2.45) is 5.73 Å². The van der Waals surface area contributed by atoms with Gasteiger partial charge in [0.05, 0.1) is 11.9 Å². The molecule has 0 aliphatic rings. The van der Waals surface area contributed by atoms with Gasteiger partial charge in [0.25, 0.3) is 0 Å². The Morgan fingerprint density at radius 3 is 2.79 bits per heavy atom. The first-order valence-electron chi connectivity index (χ1n) is 4.41. The first-order valence-corrected chi connectivity index (χ1v) is 4.41. The number of nitrogens with zero attached hydrogens (tertiary/aromatic N) is 1. The number of nitrogens with two attached hydrogens (primary N) is 2. The van der Waals surface area contributed by atoms with Crippen molar-refractivity contribution in [1.29, 1.82) is 0 Å². The minimum atomic E-state index is -0.371. The summed E-state index contributed by atoms with van der Waals surface area (Å²) in [5.74, 6) is 0.0759. The van der Waals surface area contributed by atoms with Gasteiger partial charge in [-0.2, -0.15) is 0 Å². The van der Waals surface area contributed by atoms with Crippen molar-refractivity contribution in [3.63, 3.8) is 0 Å². The summed E-state index contributed by atoms with van der Waals surface area (Å²) in [6, 6.07) is 3.06. The summed E-state index contributed by atoms with van der Waals surface area (Å²) < 4.78 is 0. The van der Waals surface area contributed by atoms with E-state index in [2.05, 4.69) is 10.3 Å². The van der Waals surface area contributed by atoms with E-state index in [1.54, 1.807) is 18.3 Å². The van der Waals surface area contributed by atoms with Gasteiger partial charge in [0.15, 0.2) is 0 Å². The molecule has 0 fully saturated rings. The van der Waals surface area contributed by atoms with E-state index in [-0.39, 0.29) is 11.9 Å². The molecular weight excluding hydrogens is 180 g/mol. The molecule has 0 aliphatic heterocycles. The van der Waals surface area contributed by atoms with Crippen molar-refractivity contribution in [1.82, 2.24) is 4.98 Å². The Morgan fingerprint density at radius 2 is 2.36 bits per heavy atom. The second-order valence-corrected chi connectivity index (χ2v) is 2.98. The number of amides is 1. The highest BCUT2D eigenvalue weighted by Gasteiger charge is 2.11. The van der Waals surface area contributed by atoms with Crippen molar-refractivity contribution < 1.29 is 4.79 Å². The molecule has 0 saturated heterocycles. The Bertz CT molecular complexity index is 309. The molecule has 1 atom stereocenters. The van der Waals surface area contributed by atoms with Crippen molar-refractivity contribution in [2.45, 2.75) is 19.4 Å². The molecule has 14 heavy (non-hydrogen) atoms. The number of hydrogen-bond acceptors (Lipinski definition) is 4. The van der Waals surface area contributed by atoms with Crippen molar-refractivity contribution in [2.75, 3.05) is 11.1 Å². The van der Waals surface area contributed by atoms with E-state index in [0.717, 1.165) is 5.69 Å². The third-order valence-electron chi connectivity index (χ3n) is 1.88. The fraction of sp³-hybridized carbons (Fsp3) is 0.333. The summed E-state index contributed by atoms with van der Waals surface area (Å²) in [5.41, 5.74) is 11.3. The number of anilines is 2. The smallest absolute Gasteiger partial charge is 0.239 e. The van der Waals surface area contributed by atoms with Crippen LogP contribution >= 0.6 is 0 Å². The van der Waals surface area contributed by atoms with Gasteiger partial charge in [-0.1, -0.05) is 6.92 Å². The minimum Gasteiger partial charge on any atom is -0.384 e. The lowest BCUT2D eigenvalue weighted by atomic mass is 10.2. The molecule has 1 unspecified atom stereocenters. The van der Waals surface area contributed by atoms with E-state index in [0.29, 0.717) is 12.2 Å². The average Bonchev–Trinajstić information content (AvgIpc) is 2.16. The van der Waals surface area contributed by atoms with E-state index in [9.17, 15) is 4.79 Å². The standard InChI is InChI=1S/C9H14N4O/c1-2-7(9(11)14)13-6-3-4-8(10)12-5-6/h3-5,7,13H,2H2,1H3,(H2,10,12)(H2,11,14). The fourth-order valence-electron chi connectivity index (χ4n) is 1.07. The van der Waals surface area contributed by atoms with E-state index < -0.39 is 0 Å². The second-order valence-electron chi connectivity index (χ2n) is 2.98. The Morgan fingerprint density at radius 1 is 1.64 bits per heavy atom. The SMILES string of the molecule is CCC(Nc1ccc(N)nc1)C(N)=O. The lowest BCUT2D eigenvalue weighted by Gasteiger charge is -2.13. The van der Waals surface area contributed by atoms with Crippen molar-refractivity contribution in [3.05, 3.63) is 18.3 Å². The van der Waals surface area contributed by atoms with Crippen LogP contribution in [0.25, 0.3) is 0 Å². The van der Waals surface area contributed by atoms with Gasteiger partial charge in [-0.3, -0.25) is 4.79 Å². The molecule has 1 aromatic heterocycles. The van der Waals surface area contributed by atoms with Gasteiger partial charge in [-0.25, -0.2) is 4.98 Å². The molecule has 5 N–H and O–H groups in total. The normalized spacial score (nSPS) is 12.1. The number of carbonyl (C=O) groups is 1. The quantitative estimate of drug-likeness (QED) is 0.644. The first-order chi connectivity index (χ1) is 6.63. The average molecular weight is 194 g/mol. The zero-order chi connectivity index (χ0) is 10.6. The first kappa shape index (κ1) is 10.3. The van der Waals surface area contributed by atoms with Crippen LogP contribution in [-0.4, -0.2) is 16.9 Å². The van der Waals surface area contributed by atoms with Gasteiger partial charge >= 0.3 is 0 Å². The number of nitrogen functional groups attached to an aromatic ring is 1. The molecule has 0 aliphatic carbocycles. The third-order valence-corrected chi connectivity index (χ3v) is 1.88. The van der Waals surface area contributed by atoms with Gasteiger partial charge < -0.3 is 16.8 Å². The monoisotopic (exact) mass is 194 g/mol. The molecule has 76 valence electrons. The topological polar surface area (TPSA) is 94.0 Å². The zero-order valence-corrected chi connectivity index (χ0v) is 8.03. The number of pyridine rings is 1. The number of rotatable bonds is 4. The molecule has 1 aromatic rings. The van der Waals surface area contributed by atoms with Crippen molar-refractivity contribution in [3.8, 4) is 0 Å². The molecule has 1 heterocycles. The van der Waals surface area contributed by atoms with Gasteiger partial charge in [0.1, 0.15) is 11.9 Å². The van der Waals surface area contributed by atoms with Crippen LogP contribution in [0.2, 0.25) is 0 Å².